The van der Waals surface area contributed by atoms with Gasteiger partial charge in [0, 0.05) is 6.20 Å². The van der Waals surface area contributed by atoms with Crippen LogP contribution in [-0.4, -0.2) is 37.2 Å². The van der Waals surface area contributed by atoms with Gasteiger partial charge in [-0.1, -0.05) is 43.9 Å². The Kier molecular flexibility index (Phi) is 5.36. The molecule has 0 bridgehead atoms. The van der Waals surface area contributed by atoms with Crippen molar-refractivity contribution in [1.29, 1.82) is 0 Å². The third-order valence-corrected chi connectivity index (χ3v) is 4.83. The molecule has 1 fully saturated rings. The molecule has 0 aromatic carbocycles. The largest absolute Gasteiger partial charge is 0.480 e. The van der Waals surface area contributed by atoms with Gasteiger partial charge in [0.25, 0.3) is 5.91 Å². The first-order chi connectivity index (χ1) is 10.3. The molecule has 0 saturated carbocycles. The third-order valence-electron chi connectivity index (χ3n) is 3.03. The molecule has 8 heteroatoms. The number of carbonyl (C=O) groups excluding carboxylic acids is 1. The van der Waals surface area contributed by atoms with Crippen molar-refractivity contribution in [3.63, 3.8) is 0 Å². The number of carboxylic acid groups (broad SMARTS) is 1. The van der Waals surface area contributed by atoms with Gasteiger partial charge in [-0.25, -0.2) is 9.78 Å². The predicted molar refractivity (Wildman–Crippen MR) is 93.2 cm³/mol. The van der Waals surface area contributed by atoms with Crippen molar-refractivity contribution >= 4 is 62.2 Å². The monoisotopic (exact) mass is 400 g/mol. The average Bonchev–Trinajstić information content (AvgIpc) is 2.69. The lowest BCUT2D eigenvalue weighted by atomic mass is 10.0. The molecule has 1 aliphatic rings. The van der Waals surface area contributed by atoms with Crippen molar-refractivity contribution in [1.82, 2.24) is 9.88 Å². The average molecular weight is 401 g/mol. The molecular weight excluding hydrogens is 388 g/mol. The SMILES string of the molecule is CC(C)[C@@H](C(=O)O)N1C(=O)/C(=C/c2ccc(Br)nc2)SC1=S. The normalized spacial score (nSPS) is 18.4. The summed E-state index contributed by atoms with van der Waals surface area (Å²) in [7, 11) is 0. The second-order valence-corrected chi connectivity index (χ2v) is 7.48. The Bertz CT molecular complexity index is 659. The van der Waals surface area contributed by atoms with Gasteiger partial charge in [-0.15, -0.1) is 0 Å². The highest BCUT2D eigenvalue weighted by Crippen LogP contribution is 2.35. The molecule has 1 N–H and O–H groups in total. The number of rotatable bonds is 4. The lowest BCUT2D eigenvalue weighted by Gasteiger charge is -2.26. The lowest BCUT2D eigenvalue weighted by molar-refractivity contribution is -0.146. The minimum absolute atomic E-state index is 0.242. The first-order valence-corrected chi connectivity index (χ1v) is 8.44. The second kappa shape index (κ2) is 6.89. The van der Waals surface area contributed by atoms with Crippen LogP contribution in [0, 0.1) is 5.92 Å². The molecule has 1 atom stereocenters. The fourth-order valence-corrected chi connectivity index (χ4v) is 3.60. The van der Waals surface area contributed by atoms with Crippen molar-refractivity contribution in [2.45, 2.75) is 19.9 Å². The van der Waals surface area contributed by atoms with E-state index in [1.807, 2.05) is 0 Å². The van der Waals surface area contributed by atoms with Crippen LogP contribution in [0.4, 0.5) is 0 Å². The highest BCUT2D eigenvalue weighted by Gasteiger charge is 2.41. The molecule has 2 rings (SSSR count). The van der Waals surface area contributed by atoms with Gasteiger partial charge in [0.15, 0.2) is 0 Å². The molecule has 116 valence electrons. The molecule has 22 heavy (non-hydrogen) atoms. The Hall–Kier alpha value is -1.25. The van der Waals surface area contributed by atoms with E-state index < -0.39 is 12.0 Å². The fraction of sp³-hybridized carbons (Fsp3) is 0.286. The number of thiocarbonyl (C=S) groups is 1. The van der Waals surface area contributed by atoms with Crippen molar-refractivity contribution in [2.24, 2.45) is 5.92 Å². The number of carbonyl (C=O) groups is 2. The molecule has 1 saturated heterocycles. The molecule has 0 radical (unpaired) electrons. The first kappa shape index (κ1) is 17.1. The van der Waals surface area contributed by atoms with Gasteiger partial charge < -0.3 is 5.11 Å². The molecule has 0 aliphatic carbocycles. The molecule has 0 spiro atoms. The number of thioether (sulfide) groups is 1. The maximum atomic E-state index is 12.5. The number of pyridine rings is 1. The van der Waals surface area contributed by atoms with E-state index in [1.54, 1.807) is 38.3 Å². The smallest absolute Gasteiger partial charge is 0.327 e. The minimum atomic E-state index is -1.06. The van der Waals surface area contributed by atoms with Crippen LogP contribution in [0.3, 0.4) is 0 Å². The summed E-state index contributed by atoms with van der Waals surface area (Å²) in [5.41, 5.74) is 0.750. The number of carboxylic acids is 1. The standard InChI is InChI=1S/C14H13BrN2O3S2/c1-7(2)11(13(19)20)17-12(18)9(22-14(17)21)5-8-3-4-10(15)16-6-8/h3-7,11H,1-2H3,(H,19,20)/b9-5-/t11-/m0/s1. The van der Waals surface area contributed by atoms with Crippen molar-refractivity contribution < 1.29 is 14.7 Å². The van der Waals surface area contributed by atoms with Crippen LogP contribution in [-0.2, 0) is 9.59 Å². The van der Waals surface area contributed by atoms with Crippen LogP contribution in [0.5, 0.6) is 0 Å². The zero-order chi connectivity index (χ0) is 16.4. The zero-order valence-corrected chi connectivity index (χ0v) is 15.0. The van der Waals surface area contributed by atoms with Crippen LogP contribution in [0.25, 0.3) is 6.08 Å². The van der Waals surface area contributed by atoms with Gasteiger partial charge in [-0.2, -0.15) is 0 Å². The molecule has 5 nitrogen and oxygen atoms in total. The maximum Gasteiger partial charge on any atom is 0.327 e. The fourth-order valence-electron chi connectivity index (χ4n) is 2.04. The Morgan fingerprint density at radius 3 is 2.68 bits per heavy atom. The van der Waals surface area contributed by atoms with Gasteiger partial charge in [-0.05, 0) is 39.6 Å². The van der Waals surface area contributed by atoms with E-state index in [9.17, 15) is 14.7 Å². The van der Waals surface area contributed by atoms with Gasteiger partial charge in [0.2, 0.25) is 0 Å². The van der Waals surface area contributed by atoms with Gasteiger partial charge >= 0.3 is 5.97 Å². The maximum absolute atomic E-state index is 12.5. The summed E-state index contributed by atoms with van der Waals surface area (Å²) in [6, 6.07) is 2.61. The minimum Gasteiger partial charge on any atom is -0.480 e. The molecule has 1 aromatic heterocycles. The topological polar surface area (TPSA) is 70.5 Å². The van der Waals surface area contributed by atoms with Crippen molar-refractivity contribution in [3.05, 3.63) is 33.4 Å². The number of aromatic nitrogens is 1. The number of aliphatic carboxylic acids is 1. The number of hydrogen-bond donors (Lipinski definition) is 1. The second-order valence-electron chi connectivity index (χ2n) is 4.99. The summed E-state index contributed by atoms with van der Waals surface area (Å²) in [5.74, 6) is -1.68. The molecule has 1 aromatic rings. The van der Waals surface area contributed by atoms with E-state index in [1.165, 1.54) is 4.90 Å². The Balaban J connectivity index is 2.32. The Labute approximate surface area is 145 Å². The van der Waals surface area contributed by atoms with E-state index in [2.05, 4.69) is 20.9 Å². The van der Waals surface area contributed by atoms with Crippen LogP contribution in [0.2, 0.25) is 0 Å². The number of halogens is 1. The van der Waals surface area contributed by atoms with E-state index >= 15 is 0 Å². The van der Waals surface area contributed by atoms with Crippen molar-refractivity contribution in [2.75, 3.05) is 0 Å². The molecule has 2 heterocycles. The molecule has 1 amide bonds. The quantitative estimate of drug-likeness (QED) is 0.475. The third kappa shape index (κ3) is 3.56. The Morgan fingerprint density at radius 2 is 2.18 bits per heavy atom. The molecule has 0 unspecified atom stereocenters. The number of nitrogens with zero attached hydrogens (tertiary/aromatic N) is 2. The summed E-state index contributed by atoms with van der Waals surface area (Å²) in [6.45, 7) is 3.50. The molecular formula is C14H13BrN2O3S2. The van der Waals surface area contributed by atoms with Crippen LogP contribution < -0.4 is 0 Å². The van der Waals surface area contributed by atoms with Crippen LogP contribution in [0.15, 0.2) is 27.8 Å². The summed E-state index contributed by atoms with van der Waals surface area (Å²) in [5, 5.41) is 9.35. The van der Waals surface area contributed by atoms with E-state index in [0.29, 0.717) is 9.51 Å². The van der Waals surface area contributed by atoms with Gasteiger partial charge in [0.05, 0.1) is 4.91 Å². The van der Waals surface area contributed by atoms with Crippen LogP contribution >= 0.6 is 39.9 Å². The van der Waals surface area contributed by atoms with Gasteiger partial charge in [0.1, 0.15) is 15.0 Å². The first-order valence-electron chi connectivity index (χ1n) is 6.42. The zero-order valence-electron chi connectivity index (χ0n) is 11.8. The predicted octanol–water partition coefficient (Wildman–Crippen LogP) is 3.15. The van der Waals surface area contributed by atoms with E-state index in [0.717, 1.165) is 17.3 Å². The highest BCUT2D eigenvalue weighted by molar-refractivity contribution is 9.10. The van der Waals surface area contributed by atoms with E-state index in [-0.39, 0.29) is 16.1 Å². The highest BCUT2D eigenvalue weighted by atomic mass is 79.9. The van der Waals surface area contributed by atoms with Crippen molar-refractivity contribution in [3.8, 4) is 0 Å². The summed E-state index contributed by atoms with van der Waals surface area (Å²) in [6.07, 6.45) is 3.28. The summed E-state index contributed by atoms with van der Waals surface area (Å²) in [4.78, 5) is 29.6. The lowest BCUT2D eigenvalue weighted by Crippen LogP contribution is -2.47. The summed E-state index contributed by atoms with van der Waals surface area (Å²) < 4.78 is 0.963. The Morgan fingerprint density at radius 1 is 1.50 bits per heavy atom. The van der Waals surface area contributed by atoms with Crippen LogP contribution in [0.1, 0.15) is 19.4 Å². The van der Waals surface area contributed by atoms with Gasteiger partial charge in [-0.3, -0.25) is 9.69 Å². The summed E-state index contributed by atoms with van der Waals surface area (Å²) >= 11 is 9.54. The number of amides is 1. The molecule has 1 aliphatic heterocycles. The van der Waals surface area contributed by atoms with E-state index in [4.69, 9.17) is 12.2 Å². The number of hydrogen-bond acceptors (Lipinski definition) is 5.